The first-order chi connectivity index (χ1) is 11.2. The minimum atomic E-state index is -0.241. The number of fused-ring (bicyclic) bond motifs is 1. The van der Waals surface area contributed by atoms with E-state index < -0.39 is 0 Å². The van der Waals surface area contributed by atoms with E-state index >= 15 is 0 Å². The van der Waals surface area contributed by atoms with Crippen molar-refractivity contribution in [2.24, 2.45) is 0 Å². The van der Waals surface area contributed by atoms with Crippen molar-refractivity contribution in [3.63, 3.8) is 0 Å². The molecule has 0 bridgehead atoms. The van der Waals surface area contributed by atoms with Gasteiger partial charge >= 0.3 is 0 Å². The summed E-state index contributed by atoms with van der Waals surface area (Å²) >= 11 is 0. The van der Waals surface area contributed by atoms with Gasteiger partial charge in [-0.1, -0.05) is 12.1 Å². The number of H-pyrrole nitrogens is 1. The van der Waals surface area contributed by atoms with E-state index in [4.69, 9.17) is 10.00 Å². The molecule has 0 spiro atoms. The minimum absolute atomic E-state index is 0.0911. The van der Waals surface area contributed by atoms with E-state index in [1.165, 1.54) is 0 Å². The van der Waals surface area contributed by atoms with Gasteiger partial charge in [-0.2, -0.15) is 5.26 Å². The third-order valence-corrected chi connectivity index (χ3v) is 3.24. The van der Waals surface area contributed by atoms with Gasteiger partial charge in [0.2, 0.25) is 0 Å². The van der Waals surface area contributed by atoms with Gasteiger partial charge in [-0.25, -0.2) is 4.98 Å². The normalized spacial score (nSPS) is 10.2. The predicted octanol–water partition coefficient (Wildman–Crippen LogP) is 2.13. The lowest BCUT2D eigenvalue weighted by Gasteiger charge is -2.06. The van der Waals surface area contributed by atoms with Crippen molar-refractivity contribution in [3.8, 4) is 11.8 Å². The van der Waals surface area contributed by atoms with Crippen LogP contribution in [0.1, 0.15) is 11.4 Å². The number of aromatic nitrogens is 2. The first-order valence-corrected chi connectivity index (χ1v) is 7.08. The predicted molar refractivity (Wildman–Crippen MR) is 84.6 cm³/mol. The summed E-state index contributed by atoms with van der Waals surface area (Å²) in [5.41, 5.74) is 2.35. The third kappa shape index (κ3) is 3.66. The molecule has 3 aromatic rings. The van der Waals surface area contributed by atoms with Crippen LogP contribution in [0.15, 0.2) is 48.5 Å². The van der Waals surface area contributed by atoms with Gasteiger partial charge < -0.3 is 15.0 Å². The average molecular weight is 306 g/mol. The number of nitrogens with zero attached hydrogens (tertiary/aromatic N) is 2. The number of amides is 1. The van der Waals surface area contributed by atoms with Crippen molar-refractivity contribution in [1.29, 1.82) is 5.26 Å². The largest absolute Gasteiger partial charge is 0.484 e. The van der Waals surface area contributed by atoms with E-state index in [-0.39, 0.29) is 12.5 Å². The number of hydrogen-bond donors (Lipinski definition) is 2. The van der Waals surface area contributed by atoms with Crippen LogP contribution in [0, 0.1) is 11.3 Å². The first kappa shape index (κ1) is 14.6. The molecule has 6 nitrogen and oxygen atoms in total. The zero-order valence-corrected chi connectivity index (χ0v) is 12.2. The molecule has 2 aromatic carbocycles. The number of carbonyl (C=O) groups excluding carboxylic acids is 1. The number of aromatic amines is 1. The Morgan fingerprint density at radius 1 is 1.22 bits per heavy atom. The highest BCUT2D eigenvalue weighted by atomic mass is 16.5. The summed E-state index contributed by atoms with van der Waals surface area (Å²) in [4.78, 5) is 19.3. The van der Waals surface area contributed by atoms with Crippen LogP contribution < -0.4 is 10.1 Å². The SMILES string of the molecule is N#Cc1ccc(OCC(=O)NCc2nc3ccccc3[nH]2)cc1. The fraction of sp³-hybridized carbons (Fsp3) is 0.118. The van der Waals surface area contributed by atoms with Crippen LogP contribution >= 0.6 is 0 Å². The summed E-state index contributed by atoms with van der Waals surface area (Å²) in [6, 6.07) is 16.3. The van der Waals surface area contributed by atoms with E-state index in [1.807, 2.05) is 30.3 Å². The second kappa shape index (κ2) is 6.62. The standard InChI is InChI=1S/C17H14N4O2/c18-9-12-5-7-13(8-6-12)23-11-17(22)19-10-16-20-14-3-1-2-4-15(14)21-16/h1-8H,10-11H2,(H,19,22)(H,20,21). The number of para-hydroxylation sites is 2. The van der Waals surface area contributed by atoms with Gasteiger partial charge in [0, 0.05) is 0 Å². The summed E-state index contributed by atoms with van der Waals surface area (Å²) in [5.74, 6) is 0.996. The Morgan fingerprint density at radius 3 is 2.74 bits per heavy atom. The van der Waals surface area contributed by atoms with E-state index in [9.17, 15) is 4.79 Å². The van der Waals surface area contributed by atoms with Crippen molar-refractivity contribution >= 4 is 16.9 Å². The van der Waals surface area contributed by atoms with Crippen LogP contribution in [0.25, 0.3) is 11.0 Å². The molecular formula is C17H14N4O2. The van der Waals surface area contributed by atoms with E-state index in [0.717, 1.165) is 11.0 Å². The smallest absolute Gasteiger partial charge is 0.258 e. The maximum absolute atomic E-state index is 11.8. The fourth-order valence-electron chi connectivity index (χ4n) is 2.10. The Bertz CT molecular complexity index is 829. The van der Waals surface area contributed by atoms with Gasteiger partial charge in [-0.3, -0.25) is 4.79 Å². The molecule has 1 aromatic heterocycles. The molecule has 0 fully saturated rings. The molecule has 6 heteroatoms. The van der Waals surface area contributed by atoms with Crippen LogP contribution in [0.4, 0.5) is 0 Å². The van der Waals surface area contributed by atoms with E-state index in [0.29, 0.717) is 23.7 Å². The molecule has 0 saturated heterocycles. The van der Waals surface area contributed by atoms with Crippen LogP contribution in [-0.2, 0) is 11.3 Å². The molecule has 1 heterocycles. The molecule has 0 radical (unpaired) electrons. The van der Waals surface area contributed by atoms with Crippen molar-refractivity contribution < 1.29 is 9.53 Å². The van der Waals surface area contributed by atoms with Gasteiger partial charge in [-0.05, 0) is 36.4 Å². The maximum atomic E-state index is 11.8. The minimum Gasteiger partial charge on any atom is -0.484 e. The second-order valence-corrected chi connectivity index (χ2v) is 4.90. The quantitative estimate of drug-likeness (QED) is 0.755. The number of imidazole rings is 1. The van der Waals surface area contributed by atoms with Crippen LogP contribution in [0.5, 0.6) is 5.75 Å². The van der Waals surface area contributed by atoms with Crippen LogP contribution in [0.3, 0.4) is 0 Å². The average Bonchev–Trinajstić information content (AvgIpc) is 3.01. The number of hydrogen-bond acceptors (Lipinski definition) is 4. The molecule has 0 aliphatic heterocycles. The van der Waals surface area contributed by atoms with Gasteiger partial charge in [0.25, 0.3) is 5.91 Å². The highest BCUT2D eigenvalue weighted by Gasteiger charge is 2.06. The molecular weight excluding hydrogens is 292 g/mol. The number of ether oxygens (including phenoxy) is 1. The molecule has 2 N–H and O–H groups in total. The second-order valence-electron chi connectivity index (χ2n) is 4.90. The number of rotatable bonds is 5. The summed E-state index contributed by atoms with van der Waals surface area (Å²) in [6.07, 6.45) is 0. The molecule has 114 valence electrons. The van der Waals surface area contributed by atoms with Gasteiger partial charge in [0.05, 0.1) is 29.2 Å². The Hall–Kier alpha value is -3.33. The molecule has 0 unspecified atom stereocenters. The van der Waals surface area contributed by atoms with Crippen LogP contribution in [-0.4, -0.2) is 22.5 Å². The third-order valence-electron chi connectivity index (χ3n) is 3.24. The van der Waals surface area contributed by atoms with Gasteiger partial charge in [0.15, 0.2) is 6.61 Å². The zero-order valence-electron chi connectivity index (χ0n) is 12.2. The summed E-state index contributed by atoms with van der Waals surface area (Å²) < 4.78 is 5.36. The Kier molecular flexibility index (Phi) is 4.20. The van der Waals surface area contributed by atoms with E-state index in [1.54, 1.807) is 24.3 Å². The lowest BCUT2D eigenvalue weighted by Crippen LogP contribution is -2.28. The number of nitriles is 1. The fourth-order valence-corrected chi connectivity index (χ4v) is 2.10. The van der Waals surface area contributed by atoms with Gasteiger partial charge in [0.1, 0.15) is 11.6 Å². The Morgan fingerprint density at radius 2 is 2.00 bits per heavy atom. The number of nitrogens with one attached hydrogen (secondary N) is 2. The molecule has 0 aliphatic rings. The summed E-state index contributed by atoms with van der Waals surface area (Å²) in [5, 5.41) is 11.5. The highest BCUT2D eigenvalue weighted by molar-refractivity contribution is 5.78. The molecule has 23 heavy (non-hydrogen) atoms. The molecule has 0 saturated carbocycles. The Labute approximate surface area is 132 Å². The lowest BCUT2D eigenvalue weighted by atomic mass is 10.2. The van der Waals surface area contributed by atoms with Crippen molar-refractivity contribution in [1.82, 2.24) is 15.3 Å². The van der Waals surface area contributed by atoms with Crippen molar-refractivity contribution in [2.45, 2.75) is 6.54 Å². The summed E-state index contributed by atoms with van der Waals surface area (Å²) in [7, 11) is 0. The Balaban J connectivity index is 1.50. The number of carbonyl (C=O) groups is 1. The maximum Gasteiger partial charge on any atom is 0.258 e. The van der Waals surface area contributed by atoms with Gasteiger partial charge in [-0.15, -0.1) is 0 Å². The monoisotopic (exact) mass is 306 g/mol. The lowest BCUT2D eigenvalue weighted by molar-refractivity contribution is -0.123. The summed E-state index contributed by atoms with van der Waals surface area (Å²) in [6.45, 7) is 0.219. The van der Waals surface area contributed by atoms with Crippen LogP contribution in [0.2, 0.25) is 0 Å². The van der Waals surface area contributed by atoms with E-state index in [2.05, 4.69) is 15.3 Å². The molecule has 0 aliphatic carbocycles. The molecule has 0 atom stereocenters. The topological polar surface area (TPSA) is 90.8 Å². The molecule has 1 amide bonds. The van der Waals surface area contributed by atoms with Crippen molar-refractivity contribution in [3.05, 3.63) is 59.9 Å². The number of benzene rings is 2. The molecule has 3 rings (SSSR count). The highest BCUT2D eigenvalue weighted by Crippen LogP contribution is 2.11. The first-order valence-electron chi connectivity index (χ1n) is 7.08. The zero-order chi connectivity index (χ0) is 16.1. The van der Waals surface area contributed by atoms with Crippen molar-refractivity contribution in [2.75, 3.05) is 6.61 Å².